The second-order valence-corrected chi connectivity index (χ2v) is 4.90. The Hall–Kier alpha value is -1.09. The lowest BCUT2D eigenvalue weighted by molar-refractivity contribution is 0.574. The predicted molar refractivity (Wildman–Crippen MR) is 76.1 cm³/mol. The average Bonchev–Trinajstić information content (AvgIpc) is 2.73. The molecule has 3 nitrogen and oxygen atoms in total. The van der Waals surface area contributed by atoms with E-state index >= 15 is 0 Å². The number of rotatable bonds is 7. The number of nitrogens with zero attached hydrogens (tertiary/aromatic N) is 3. The van der Waals surface area contributed by atoms with Gasteiger partial charge in [-0.05, 0) is 18.6 Å². The maximum absolute atomic E-state index is 5.85. The fourth-order valence-corrected chi connectivity index (χ4v) is 2.38. The highest BCUT2D eigenvalue weighted by Crippen LogP contribution is 2.16. The molecule has 0 bridgehead atoms. The third-order valence-electron chi connectivity index (χ3n) is 3.14. The summed E-state index contributed by atoms with van der Waals surface area (Å²) in [6, 6.07) is 3.95. The van der Waals surface area contributed by atoms with E-state index in [-0.39, 0.29) is 0 Å². The summed E-state index contributed by atoms with van der Waals surface area (Å²) in [4.78, 5) is 9.06. The second kappa shape index (κ2) is 6.74. The Kier molecular flexibility index (Phi) is 5.00. The van der Waals surface area contributed by atoms with Gasteiger partial charge in [-0.2, -0.15) is 0 Å². The van der Waals surface area contributed by atoms with Gasteiger partial charge in [0, 0.05) is 25.0 Å². The molecule has 0 radical (unpaired) electrons. The Morgan fingerprint density at radius 1 is 1.28 bits per heavy atom. The van der Waals surface area contributed by atoms with E-state index in [0.717, 1.165) is 30.0 Å². The number of hydrogen-bond donors (Lipinski definition) is 0. The molecule has 2 aromatic rings. The SMILES string of the molecule is CCCCCCn1c(CCCl)nc2cccnc21. The fourth-order valence-electron chi connectivity index (χ4n) is 2.21. The van der Waals surface area contributed by atoms with E-state index in [1.54, 1.807) is 0 Å². The minimum atomic E-state index is 0.609. The third-order valence-corrected chi connectivity index (χ3v) is 3.33. The highest BCUT2D eigenvalue weighted by molar-refractivity contribution is 6.17. The van der Waals surface area contributed by atoms with Gasteiger partial charge >= 0.3 is 0 Å². The van der Waals surface area contributed by atoms with E-state index < -0.39 is 0 Å². The number of halogens is 1. The van der Waals surface area contributed by atoms with Crippen molar-refractivity contribution >= 4 is 22.8 Å². The van der Waals surface area contributed by atoms with Crippen molar-refractivity contribution in [2.24, 2.45) is 0 Å². The number of fused-ring (bicyclic) bond motifs is 1. The summed E-state index contributed by atoms with van der Waals surface area (Å²) in [5, 5.41) is 0. The summed E-state index contributed by atoms with van der Waals surface area (Å²) in [5.41, 5.74) is 1.97. The van der Waals surface area contributed by atoms with Crippen LogP contribution >= 0.6 is 11.6 Å². The van der Waals surface area contributed by atoms with Crippen LogP contribution in [0.25, 0.3) is 11.2 Å². The van der Waals surface area contributed by atoms with Gasteiger partial charge in [-0.1, -0.05) is 26.2 Å². The molecule has 0 saturated heterocycles. The minimum Gasteiger partial charge on any atom is -0.313 e. The third kappa shape index (κ3) is 3.02. The van der Waals surface area contributed by atoms with E-state index in [1.165, 1.54) is 25.7 Å². The molecule has 0 aliphatic rings. The van der Waals surface area contributed by atoms with Gasteiger partial charge in [-0.25, -0.2) is 9.97 Å². The summed E-state index contributed by atoms with van der Waals surface area (Å²) in [6.45, 7) is 3.23. The van der Waals surface area contributed by atoms with Crippen LogP contribution < -0.4 is 0 Å². The van der Waals surface area contributed by atoms with Crippen LogP contribution in [0.4, 0.5) is 0 Å². The van der Waals surface area contributed by atoms with E-state index in [0.29, 0.717) is 5.88 Å². The number of pyridine rings is 1. The topological polar surface area (TPSA) is 30.7 Å². The first-order chi connectivity index (χ1) is 8.86. The Balaban J connectivity index is 2.19. The van der Waals surface area contributed by atoms with Crippen LogP contribution in [0, 0.1) is 0 Å². The van der Waals surface area contributed by atoms with Crippen LogP contribution in [0.1, 0.15) is 38.4 Å². The molecule has 0 atom stereocenters. The zero-order chi connectivity index (χ0) is 12.8. The van der Waals surface area contributed by atoms with Gasteiger partial charge < -0.3 is 4.57 Å². The van der Waals surface area contributed by atoms with Crippen LogP contribution in [-0.4, -0.2) is 20.4 Å². The van der Waals surface area contributed by atoms with Crippen molar-refractivity contribution in [1.29, 1.82) is 0 Å². The smallest absolute Gasteiger partial charge is 0.159 e. The number of aryl methyl sites for hydroxylation is 2. The van der Waals surface area contributed by atoms with Crippen molar-refractivity contribution < 1.29 is 0 Å². The summed E-state index contributed by atoms with van der Waals surface area (Å²) < 4.78 is 2.23. The minimum absolute atomic E-state index is 0.609. The lowest BCUT2D eigenvalue weighted by Crippen LogP contribution is -2.05. The molecule has 4 heteroatoms. The molecule has 0 unspecified atom stereocenters. The van der Waals surface area contributed by atoms with Gasteiger partial charge in [-0.3, -0.25) is 0 Å². The molecule has 0 N–H and O–H groups in total. The van der Waals surface area contributed by atoms with Crippen LogP contribution in [-0.2, 0) is 13.0 Å². The van der Waals surface area contributed by atoms with E-state index in [9.17, 15) is 0 Å². The largest absolute Gasteiger partial charge is 0.313 e. The standard InChI is InChI=1S/C14H20ClN3/c1-2-3-4-5-11-18-13(8-9-15)17-12-7-6-10-16-14(12)18/h6-7,10H,2-5,8-9,11H2,1H3. The molecule has 2 heterocycles. The van der Waals surface area contributed by atoms with Crippen molar-refractivity contribution in [3.63, 3.8) is 0 Å². The Labute approximate surface area is 113 Å². The summed E-state index contributed by atoms with van der Waals surface area (Å²) in [7, 11) is 0. The molecule has 0 aliphatic carbocycles. The molecule has 0 aliphatic heterocycles. The summed E-state index contributed by atoms with van der Waals surface area (Å²) in [6.07, 6.45) is 7.65. The Morgan fingerprint density at radius 2 is 2.17 bits per heavy atom. The number of alkyl halides is 1. The van der Waals surface area contributed by atoms with Gasteiger partial charge in [0.15, 0.2) is 5.65 Å². The maximum atomic E-state index is 5.85. The molecule has 2 aromatic heterocycles. The highest BCUT2D eigenvalue weighted by atomic mass is 35.5. The molecule has 2 rings (SSSR count). The molecule has 0 fully saturated rings. The molecule has 18 heavy (non-hydrogen) atoms. The number of aromatic nitrogens is 3. The molecular weight excluding hydrogens is 246 g/mol. The van der Waals surface area contributed by atoms with Crippen LogP contribution in [0.3, 0.4) is 0 Å². The Bertz CT molecular complexity index is 493. The molecule has 0 aromatic carbocycles. The molecule has 0 amide bonds. The first-order valence-corrected chi connectivity index (χ1v) is 7.26. The summed E-state index contributed by atoms with van der Waals surface area (Å²) >= 11 is 5.85. The fraction of sp³-hybridized carbons (Fsp3) is 0.571. The van der Waals surface area contributed by atoms with E-state index in [1.807, 2.05) is 18.3 Å². The predicted octanol–water partition coefficient (Wildman–Crippen LogP) is 3.79. The lowest BCUT2D eigenvalue weighted by atomic mass is 10.2. The molecule has 0 saturated carbocycles. The van der Waals surface area contributed by atoms with Crippen molar-refractivity contribution in [3.05, 3.63) is 24.2 Å². The molecule has 98 valence electrons. The second-order valence-electron chi connectivity index (χ2n) is 4.53. The number of unbranched alkanes of at least 4 members (excludes halogenated alkanes) is 3. The van der Waals surface area contributed by atoms with Gasteiger partial charge in [0.2, 0.25) is 0 Å². The maximum Gasteiger partial charge on any atom is 0.159 e. The molecular formula is C14H20ClN3. The molecule has 0 spiro atoms. The lowest BCUT2D eigenvalue weighted by Gasteiger charge is -2.07. The monoisotopic (exact) mass is 265 g/mol. The highest BCUT2D eigenvalue weighted by Gasteiger charge is 2.10. The zero-order valence-electron chi connectivity index (χ0n) is 10.9. The first-order valence-electron chi connectivity index (χ1n) is 6.73. The Morgan fingerprint density at radius 3 is 2.94 bits per heavy atom. The van der Waals surface area contributed by atoms with Gasteiger partial charge in [-0.15, -0.1) is 11.6 Å². The van der Waals surface area contributed by atoms with E-state index in [2.05, 4.69) is 21.5 Å². The van der Waals surface area contributed by atoms with Gasteiger partial charge in [0.1, 0.15) is 11.3 Å². The normalized spacial score (nSPS) is 11.2. The van der Waals surface area contributed by atoms with Crippen molar-refractivity contribution in [3.8, 4) is 0 Å². The van der Waals surface area contributed by atoms with Gasteiger partial charge in [0.25, 0.3) is 0 Å². The van der Waals surface area contributed by atoms with Crippen LogP contribution in [0.5, 0.6) is 0 Å². The van der Waals surface area contributed by atoms with Crippen LogP contribution in [0.2, 0.25) is 0 Å². The van der Waals surface area contributed by atoms with E-state index in [4.69, 9.17) is 11.6 Å². The van der Waals surface area contributed by atoms with Crippen molar-refractivity contribution in [1.82, 2.24) is 14.5 Å². The average molecular weight is 266 g/mol. The van der Waals surface area contributed by atoms with Crippen molar-refractivity contribution in [2.45, 2.75) is 45.6 Å². The number of imidazole rings is 1. The zero-order valence-corrected chi connectivity index (χ0v) is 11.7. The van der Waals surface area contributed by atoms with Crippen molar-refractivity contribution in [2.75, 3.05) is 5.88 Å². The first kappa shape index (κ1) is 13.3. The van der Waals surface area contributed by atoms with Crippen LogP contribution in [0.15, 0.2) is 18.3 Å². The number of hydrogen-bond acceptors (Lipinski definition) is 2. The summed E-state index contributed by atoms with van der Waals surface area (Å²) in [5.74, 6) is 1.67. The van der Waals surface area contributed by atoms with Gasteiger partial charge in [0.05, 0.1) is 0 Å². The quantitative estimate of drug-likeness (QED) is 0.563.